The van der Waals surface area contributed by atoms with Gasteiger partial charge in [0, 0.05) is 19.6 Å². The number of esters is 1. The van der Waals surface area contributed by atoms with Crippen molar-refractivity contribution in [2.24, 2.45) is 5.73 Å². The summed E-state index contributed by atoms with van der Waals surface area (Å²) in [5.41, 5.74) is 5.41. The minimum absolute atomic E-state index is 0.0895. The van der Waals surface area contributed by atoms with Crippen molar-refractivity contribution in [2.45, 2.75) is 328 Å². The highest BCUT2D eigenvalue weighted by Gasteiger charge is 2.25. The standard InChI is InChI=1S/C57H116NO7P/c1-3-5-7-9-11-13-15-17-19-21-23-25-27-28-29-30-32-34-36-38-40-42-44-46-48-50-57(59)65-56(55-64-66(60,61)63-53-51-58)54-62-52-49-47-45-43-41-39-37-35-33-31-26-24-22-20-18-16-14-12-10-8-6-4-2/h56H,3-55,58H2,1-2H3,(H,60,61). The average molecular weight is 959 g/mol. The molecule has 396 valence electrons. The van der Waals surface area contributed by atoms with Crippen molar-refractivity contribution in [2.75, 3.05) is 33.0 Å². The van der Waals surface area contributed by atoms with E-state index in [0.29, 0.717) is 13.0 Å². The van der Waals surface area contributed by atoms with Crippen molar-refractivity contribution < 1.29 is 32.8 Å². The number of hydrogen-bond acceptors (Lipinski definition) is 7. The third kappa shape index (κ3) is 54.4. The Hall–Kier alpha value is -0.500. The maximum atomic E-state index is 12.7. The normalized spacial score (nSPS) is 13.1. The van der Waals surface area contributed by atoms with Gasteiger partial charge in [0.05, 0.1) is 19.8 Å². The number of carbonyl (C=O) groups excluding carboxylic acids is 1. The monoisotopic (exact) mass is 958 g/mol. The minimum atomic E-state index is -4.28. The van der Waals surface area contributed by atoms with Gasteiger partial charge in [-0.05, 0) is 12.8 Å². The van der Waals surface area contributed by atoms with Gasteiger partial charge in [0.1, 0.15) is 6.10 Å². The Kier molecular flexibility index (Phi) is 55.0. The molecule has 2 unspecified atom stereocenters. The number of phosphoric ester groups is 1. The van der Waals surface area contributed by atoms with E-state index >= 15 is 0 Å². The topological polar surface area (TPSA) is 117 Å². The molecule has 0 aromatic heterocycles. The predicted octanol–water partition coefficient (Wildman–Crippen LogP) is 18.8. The Morgan fingerprint density at radius 2 is 0.667 bits per heavy atom. The summed E-state index contributed by atoms with van der Waals surface area (Å²) < 4.78 is 33.7. The lowest BCUT2D eigenvalue weighted by Crippen LogP contribution is -2.28. The molecule has 9 heteroatoms. The maximum Gasteiger partial charge on any atom is 0.472 e. The first kappa shape index (κ1) is 65.5. The van der Waals surface area contributed by atoms with Crippen LogP contribution >= 0.6 is 7.82 Å². The van der Waals surface area contributed by atoms with Crippen LogP contribution in [0, 0.1) is 0 Å². The highest BCUT2D eigenvalue weighted by atomic mass is 31.2. The van der Waals surface area contributed by atoms with Crippen LogP contribution in [0.1, 0.15) is 322 Å². The van der Waals surface area contributed by atoms with Gasteiger partial charge in [0.25, 0.3) is 0 Å². The van der Waals surface area contributed by atoms with Crippen LogP contribution in [-0.4, -0.2) is 49.9 Å². The molecule has 66 heavy (non-hydrogen) atoms. The van der Waals surface area contributed by atoms with E-state index in [0.717, 1.165) is 32.1 Å². The van der Waals surface area contributed by atoms with Crippen LogP contribution in [-0.2, 0) is 27.9 Å². The Bertz CT molecular complexity index is 986. The van der Waals surface area contributed by atoms with Gasteiger partial charge < -0.3 is 20.1 Å². The first-order valence-corrected chi connectivity index (χ1v) is 31.0. The molecule has 0 aliphatic carbocycles. The number of unbranched alkanes of at least 4 members (excludes halogenated alkanes) is 45. The van der Waals surface area contributed by atoms with E-state index in [9.17, 15) is 14.3 Å². The van der Waals surface area contributed by atoms with Crippen molar-refractivity contribution in [1.82, 2.24) is 0 Å². The summed E-state index contributed by atoms with van der Waals surface area (Å²) >= 11 is 0. The predicted molar refractivity (Wildman–Crippen MR) is 284 cm³/mol. The molecule has 0 aromatic rings. The molecule has 0 spiro atoms. The Labute approximate surface area is 411 Å². The van der Waals surface area contributed by atoms with Crippen LogP contribution < -0.4 is 5.73 Å². The fraction of sp³-hybridized carbons (Fsp3) is 0.982. The molecule has 8 nitrogen and oxygen atoms in total. The number of hydrogen-bond donors (Lipinski definition) is 2. The first-order chi connectivity index (χ1) is 32.4. The fourth-order valence-electron chi connectivity index (χ4n) is 9.18. The number of carbonyl (C=O) groups is 1. The average Bonchev–Trinajstić information content (AvgIpc) is 3.31. The van der Waals surface area contributed by atoms with Crippen LogP contribution in [0.4, 0.5) is 0 Å². The van der Waals surface area contributed by atoms with Crippen LogP contribution in [0.3, 0.4) is 0 Å². The summed E-state index contributed by atoms with van der Waals surface area (Å²) in [6, 6.07) is 0. The number of phosphoric acid groups is 1. The lowest BCUT2D eigenvalue weighted by molar-refractivity contribution is -0.154. The van der Waals surface area contributed by atoms with Crippen molar-refractivity contribution >= 4 is 13.8 Å². The zero-order chi connectivity index (χ0) is 48.0. The third-order valence-electron chi connectivity index (χ3n) is 13.5. The lowest BCUT2D eigenvalue weighted by Gasteiger charge is -2.20. The van der Waals surface area contributed by atoms with Gasteiger partial charge in [0.2, 0.25) is 0 Å². The minimum Gasteiger partial charge on any atom is -0.457 e. The van der Waals surface area contributed by atoms with Crippen molar-refractivity contribution in [3.63, 3.8) is 0 Å². The first-order valence-electron chi connectivity index (χ1n) is 29.5. The van der Waals surface area contributed by atoms with Crippen molar-refractivity contribution in [1.29, 1.82) is 0 Å². The lowest BCUT2D eigenvalue weighted by atomic mass is 10.0. The summed E-state index contributed by atoms with van der Waals surface area (Å²) in [7, 11) is -4.28. The fourth-order valence-corrected chi connectivity index (χ4v) is 9.95. The SMILES string of the molecule is CCCCCCCCCCCCCCCCCCCCCCCCCCCC(=O)OC(COCCCCCCCCCCCCCCCCCCCCCCCC)COP(=O)(O)OCCN. The zero-order valence-corrected chi connectivity index (χ0v) is 45.4. The van der Waals surface area contributed by atoms with E-state index in [1.165, 1.54) is 270 Å². The van der Waals surface area contributed by atoms with Crippen LogP contribution in [0.15, 0.2) is 0 Å². The molecule has 0 aliphatic heterocycles. The molecule has 0 bridgehead atoms. The second-order valence-corrected chi connectivity index (χ2v) is 21.7. The highest BCUT2D eigenvalue weighted by molar-refractivity contribution is 7.47. The molecule has 0 rings (SSSR count). The number of ether oxygens (including phenoxy) is 2. The van der Waals surface area contributed by atoms with E-state index in [1.807, 2.05) is 0 Å². The van der Waals surface area contributed by atoms with Crippen molar-refractivity contribution in [3.8, 4) is 0 Å². The van der Waals surface area contributed by atoms with E-state index < -0.39 is 13.9 Å². The smallest absolute Gasteiger partial charge is 0.457 e. The molecule has 0 radical (unpaired) electrons. The summed E-state index contributed by atoms with van der Waals surface area (Å²) in [4.78, 5) is 22.7. The maximum absolute atomic E-state index is 12.7. The number of rotatable bonds is 58. The second-order valence-electron chi connectivity index (χ2n) is 20.2. The Morgan fingerprint density at radius 1 is 0.394 bits per heavy atom. The highest BCUT2D eigenvalue weighted by Crippen LogP contribution is 2.43. The van der Waals surface area contributed by atoms with E-state index in [1.54, 1.807) is 0 Å². The van der Waals surface area contributed by atoms with Gasteiger partial charge >= 0.3 is 13.8 Å². The molecule has 3 N–H and O–H groups in total. The Morgan fingerprint density at radius 3 is 0.955 bits per heavy atom. The van der Waals surface area contributed by atoms with E-state index in [-0.39, 0.29) is 32.3 Å². The van der Waals surface area contributed by atoms with E-state index in [2.05, 4.69) is 13.8 Å². The second kappa shape index (κ2) is 55.4. The molecule has 0 saturated carbocycles. The largest absolute Gasteiger partial charge is 0.472 e. The molecule has 0 aromatic carbocycles. The van der Waals surface area contributed by atoms with Crippen molar-refractivity contribution in [3.05, 3.63) is 0 Å². The molecule has 0 saturated heterocycles. The van der Waals surface area contributed by atoms with Gasteiger partial charge in [-0.3, -0.25) is 13.8 Å². The summed E-state index contributed by atoms with van der Waals surface area (Å²) in [6.45, 7) is 5.03. The third-order valence-corrected chi connectivity index (χ3v) is 14.5. The zero-order valence-electron chi connectivity index (χ0n) is 44.5. The van der Waals surface area contributed by atoms with E-state index in [4.69, 9.17) is 24.3 Å². The summed E-state index contributed by atoms with van der Waals surface area (Å²) in [6.07, 6.45) is 63.1. The van der Waals surface area contributed by atoms with Crippen LogP contribution in [0.5, 0.6) is 0 Å². The van der Waals surface area contributed by atoms with Gasteiger partial charge in [-0.25, -0.2) is 4.57 Å². The van der Waals surface area contributed by atoms with Gasteiger partial charge in [0.15, 0.2) is 0 Å². The van der Waals surface area contributed by atoms with Gasteiger partial charge in [-0.15, -0.1) is 0 Å². The molecule has 0 aliphatic rings. The van der Waals surface area contributed by atoms with Gasteiger partial charge in [-0.1, -0.05) is 303 Å². The molecule has 0 fully saturated rings. The molecular weight excluding hydrogens is 842 g/mol. The van der Waals surface area contributed by atoms with Crippen LogP contribution in [0.2, 0.25) is 0 Å². The van der Waals surface area contributed by atoms with Crippen LogP contribution in [0.25, 0.3) is 0 Å². The molecular formula is C57H116NO7P. The quantitative estimate of drug-likeness (QED) is 0.0352. The molecule has 0 amide bonds. The summed E-state index contributed by atoms with van der Waals surface area (Å²) in [5.74, 6) is -0.318. The van der Waals surface area contributed by atoms with Gasteiger partial charge in [-0.2, -0.15) is 0 Å². The number of nitrogens with two attached hydrogens (primary N) is 1. The Balaban J connectivity index is 3.80. The molecule has 0 heterocycles. The summed E-state index contributed by atoms with van der Waals surface area (Å²) in [5, 5.41) is 0. The molecule has 2 atom stereocenters.